The molecular formula is C17H19N7O3. The third kappa shape index (κ3) is 2.87. The van der Waals surface area contributed by atoms with E-state index in [2.05, 4.69) is 10.1 Å². The first-order chi connectivity index (χ1) is 12.8. The highest BCUT2D eigenvalue weighted by atomic mass is 16.2. The highest BCUT2D eigenvalue weighted by Crippen LogP contribution is 2.06. The van der Waals surface area contributed by atoms with Crippen LogP contribution in [-0.2, 0) is 27.2 Å². The van der Waals surface area contributed by atoms with Crippen LogP contribution in [0.5, 0.6) is 0 Å². The maximum atomic E-state index is 12.7. The third-order valence-corrected chi connectivity index (χ3v) is 4.70. The first-order valence-electron chi connectivity index (χ1n) is 8.37. The highest BCUT2D eigenvalue weighted by molar-refractivity contribution is 5.69. The monoisotopic (exact) mass is 369 g/mol. The fourth-order valence-corrected chi connectivity index (χ4v) is 3.03. The van der Waals surface area contributed by atoms with Crippen molar-refractivity contribution in [3.63, 3.8) is 0 Å². The van der Waals surface area contributed by atoms with Crippen molar-refractivity contribution in [2.75, 3.05) is 0 Å². The summed E-state index contributed by atoms with van der Waals surface area (Å²) in [5.74, 6) is 0. The first-order valence-corrected chi connectivity index (χ1v) is 8.37. The van der Waals surface area contributed by atoms with Gasteiger partial charge in [-0.15, -0.1) is 0 Å². The SMILES string of the molecule is Cc1nn(CCCn2c(=O)c3c(ncn3C)n(C)c2=O)c(=O)c(C#N)c1C. The fraction of sp³-hybridized carbons (Fsp3) is 0.412. The van der Waals surface area contributed by atoms with Gasteiger partial charge in [-0.3, -0.25) is 18.7 Å². The van der Waals surface area contributed by atoms with Crippen molar-refractivity contribution in [3.8, 4) is 6.07 Å². The number of nitriles is 1. The van der Waals surface area contributed by atoms with Crippen LogP contribution in [0.25, 0.3) is 11.2 Å². The van der Waals surface area contributed by atoms with Crippen molar-refractivity contribution in [1.82, 2.24) is 28.5 Å². The molecule has 3 aromatic heterocycles. The summed E-state index contributed by atoms with van der Waals surface area (Å²) in [5.41, 5.74) is 0.520. The second-order valence-electron chi connectivity index (χ2n) is 6.41. The Bertz CT molecular complexity index is 1270. The van der Waals surface area contributed by atoms with Crippen molar-refractivity contribution >= 4 is 11.2 Å². The van der Waals surface area contributed by atoms with Crippen LogP contribution in [-0.4, -0.2) is 28.5 Å². The van der Waals surface area contributed by atoms with E-state index < -0.39 is 16.8 Å². The van der Waals surface area contributed by atoms with Crippen LogP contribution in [0.3, 0.4) is 0 Å². The van der Waals surface area contributed by atoms with Gasteiger partial charge in [0.25, 0.3) is 11.1 Å². The Balaban J connectivity index is 1.94. The number of nitrogens with zero attached hydrogens (tertiary/aromatic N) is 7. The van der Waals surface area contributed by atoms with Gasteiger partial charge in [0.05, 0.1) is 12.0 Å². The first kappa shape index (κ1) is 18.3. The summed E-state index contributed by atoms with van der Waals surface area (Å²) in [6.45, 7) is 3.71. The summed E-state index contributed by atoms with van der Waals surface area (Å²) in [6.07, 6.45) is 1.82. The molecule has 0 spiro atoms. The molecule has 0 aliphatic heterocycles. The smallest absolute Gasteiger partial charge is 0.328 e. The Morgan fingerprint density at radius 3 is 2.48 bits per heavy atom. The average Bonchev–Trinajstić information content (AvgIpc) is 3.02. The third-order valence-electron chi connectivity index (χ3n) is 4.70. The lowest BCUT2D eigenvalue weighted by molar-refractivity contribution is 0.482. The second kappa shape index (κ2) is 6.68. The van der Waals surface area contributed by atoms with Gasteiger partial charge in [-0.25, -0.2) is 14.5 Å². The Hall–Kier alpha value is -3.48. The largest absolute Gasteiger partial charge is 0.332 e. The zero-order chi connectivity index (χ0) is 19.9. The fourth-order valence-electron chi connectivity index (χ4n) is 3.03. The number of hydrogen-bond acceptors (Lipinski definition) is 6. The summed E-state index contributed by atoms with van der Waals surface area (Å²) in [5, 5.41) is 13.4. The minimum Gasteiger partial charge on any atom is -0.328 e. The summed E-state index contributed by atoms with van der Waals surface area (Å²) in [6, 6.07) is 1.91. The number of fused-ring (bicyclic) bond motifs is 1. The van der Waals surface area contributed by atoms with Gasteiger partial charge in [0.1, 0.15) is 11.6 Å². The van der Waals surface area contributed by atoms with Gasteiger partial charge in [0, 0.05) is 27.2 Å². The Morgan fingerprint density at radius 1 is 1.11 bits per heavy atom. The van der Waals surface area contributed by atoms with Gasteiger partial charge in [-0.2, -0.15) is 10.4 Å². The molecule has 0 fully saturated rings. The van der Waals surface area contributed by atoms with Crippen LogP contribution in [0, 0.1) is 25.2 Å². The van der Waals surface area contributed by atoms with Gasteiger partial charge < -0.3 is 4.57 Å². The van der Waals surface area contributed by atoms with E-state index in [0.29, 0.717) is 28.8 Å². The molecule has 0 bridgehead atoms. The average molecular weight is 369 g/mol. The van der Waals surface area contributed by atoms with E-state index in [-0.39, 0.29) is 18.7 Å². The van der Waals surface area contributed by atoms with E-state index in [0.717, 1.165) is 4.57 Å². The standard InChI is InChI=1S/C17H19N7O3/c1-10-11(2)20-24(15(25)12(10)8-18)7-5-6-23-16(26)13-14(19-9-21(13)3)22(4)17(23)27/h9H,5-7H2,1-4H3. The molecule has 0 unspecified atom stereocenters. The maximum Gasteiger partial charge on any atom is 0.332 e. The molecule has 0 N–H and O–H groups in total. The molecule has 0 saturated carbocycles. The van der Waals surface area contributed by atoms with Crippen molar-refractivity contribution in [3.05, 3.63) is 54.3 Å². The number of rotatable bonds is 4. The molecule has 10 nitrogen and oxygen atoms in total. The van der Waals surface area contributed by atoms with Crippen LogP contribution < -0.4 is 16.8 Å². The van der Waals surface area contributed by atoms with E-state index in [9.17, 15) is 19.6 Å². The molecular weight excluding hydrogens is 350 g/mol. The number of hydrogen-bond donors (Lipinski definition) is 0. The summed E-state index contributed by atoms with van der Waals surface area (Å²) in [7, 11) is 3.25. The summed E-state index contributed by atoms with van der Waals surface area (Å²) in [4.78, 5) is 41.5. The zero-order valence-corrected chi connectivity index (χ0v) is 15.6. The zero-order valence-electron chi connectivity index (χ0n) is 15.6. The number of aromatic nitrogens is 6. The maximum absolute atomic E-state index is 12.7. The van der Waals surface area contributed by atoms with Gasteiger partial charge in [0.2, 0.25) is 0 Å². The quantitative estimate of drug-likeness (QED) is 0.615. The normalized spacial score (nSPS) is 11.1. The lowest BCUT2D eigenvalue weighted by Crippen LogP contribution is -2.40. The molecule has 0 atom stereocenters. The number of aryl methyl sites for hydroxylation is 4. The topological polar surface area (TPSA) is 120 Å². The number of imidazole rings is 1. The van der Waals surface area contributed by atoms with Gasteiger partial charge in [0.15, 0.2) is 11.2 Å². The lowest BCUT2D eigenvalue weighted by Gasteiger charge is -2.11. The van der Waals surface area contributed by atoms with Crippen LogP contribution in [0.1, 0.15) is 23.2 Å². The molecule has 3 aromatic rings. The molecule has 0 aliphatic carbocycles. The van der Waals surface area contributed by atoms with E-state index in [1.54, 1.807) is 32.5 Å². The highest BCUT2D eigenvalue weighted by Gasteiger charge is 2.15. The van der Waals surface area contributed by atoms with Crippen LogP contribution >= 0.6 is 0 Å². The molecule has 10 heteroatoms. The van der Waals surface area contributed by atoms with Crippen molar-refractivity contribution in [1.29, 1.82) is 5.26 Å². The minimum absolute atomic E-state index is 0.0619. The lowest BCUT2D eigenvalue weighted by atomic mass is 10.1. The molecule has 140 valence electrons. The van der Waals surface area contributed by atoms with Gasteiger partial charge in [-0.05, 0) is 25.8 Å². The second-order valence-corrected chi connectivity index (χ2v) is 6.41. The predicted molar refractivity (Wildman–Crippen MR) is 97.5 cm³/mol. The minimum atomic E-state index is -0.470. The van der Waals surface area contributed by atoms with E-state index in [4.69, 9.17) is 0 Å². The van der Waals surface area contributed by atoms with E-state index in [1.807, 2.05) is 6.07 Å². The van der Waals surface area contributed by atoms with Crippen molar-refractivity contribution in [2.45, 2.75) is 33.4 Å². The Kier molecular flexibility index (Phi) is 4.53. The predicted octanol–water partition coefficient (Wildman–Crippen LogP) is -0.431. The summed E-state index contributed by atoms with van der Waals surface area (Å²) >= 11 is 0. The molecule has 0 aromatic carbocycles. The van der Waals surface area contributed by atoms with E-state index in [1.165, 1.54) is 15.6 Å². The Labute approximate surface area is 153 Å². The molecule has 0 radical (unpaired) electrons. The molecule has 27 heavy (non-hydrogen) atoms. The molecule has 0 saturated heterocycles. The van der Waals surface area contributed by atoms with Crippen molar-refractivity contribution < 1.29 is 0 Å². The van der Waals surface area contributed by atoms with E-state index >= 15 is 0 Å². The molecule has 0 amide bonds. The molecule has 3 heterocycles. The van der Waals surface area contributed by atoms with Crippen LogP contribution in [0.4, 0.5) is 0 Å². The van der Waals surface area contributed by atoms with Crippen LogP contribution in [0.15, 0.2) is 20.7 Å². The van der Waals surface area contributed by atoms with Crippen LogP contribution in [0.2, 0.25) is 0 Å². The van der Waals surface area contributed by atoms with Gasteiger partial charge >= 0.3 is 5.69 Å². The Morgan fingerprint density at radius 2 is 1.81 bits per heavy atom. The summed E-state index contributed by atoms with van der Waals surface area (Å²) < 4.78 is 5.23. The molecule has 0 aliphatic rings. The van der Waals surface area contributed by atoms with Crippen molar-refractivity contribution in [2.24, 2.45) is 14.1 Å². The molecule has 3 rings (SSSR count). The van der Waals surface area contributed by atoms with Gasteiger partial charge in [-0.1, -0.05) is 0 Å².